The molecule has 0 aliphatic carbocycles. The summed E-state index contributed by atoms with van der Waals surface area (Å²) in [6.45, 7) is 2.23. The van der Waals surface area contributed by atoms with E-state index in [0.717, 1.165) is 38.8 Å². The number of carbonyl (C=O) groups excluding carboxylic acids is 1. The molecule has 1 amide bonds. The Bertz CT molecular complexity index is 1640. The van der Waals surface area contributed by atoms with Gasteiger partial charge in [0.2, 0.25) is 6.79 Å². The molecule has 0 saturated carbocycles. The lowest BCUT2D eigenvalue weighted by Gasteiger charge is -2.11. The molecule has 0 unspecified atom stereocenters. The molecule has 1 aromatic heterocycles. The van der Waals surface area contributed by atoms with Gasteiger partial charge in [-0.2, -0.15) is 10.2 Å². The molecule has 7 nitrogen and oxygen atoms in total. The first-order chi connectivity index (χ1) is 17.7. The molecule has 1 N–H and O–H groups in total. The molecular weight excluding hydrogens is 452 g/mol. The van der Waals surface area contributed by atoms with Crippen LogP contribution in [0.4, 0.5) is 0 Å². The summed E-state index contributed by atoms with van der Waals surface area (Å²) in [4.78, 5) is 13.0. The van der Waals surface area contributed by atoms with E-state index in [1.807, 2.05) is 72.3 Å². The van der Waals surface area contributed by atoms with E-state index in [-0.39, 0.29) is 12.5 Å². The average Bonchev–Trinajstić information content (AvgIpc) is 3.56. The van der Waals surface area contributed by atoms with Crippen LogP contribution in [0.1, 0.15) is 21.6 Å². The average molecular weight is 475 g/mol. The molecule has 0 atom stereocenters. The van der Waals surface area contributed by atoms with Crippen molar-refractivity contribution in [2.45, 2.75) is 6.92 Å². The summed E-state index contributed by atoms with van der Waals surface area (Å²) in [6, 6.07) is 29.6. The van der Waals surface area contributed by atoms with E-state index >= 15 is 0 Å². The zero-order valence-corrected chi connectivity index (χ0v) is 19.5. The fraction of sp³-hybridized carbons (Fsp3) is 0.0690. The first kappa shape index (κ1) is 21.6. The first-order valence-corrected chi connectivity index (χ1v) is 11.5. The third-order valence-electron chi connectivity index (χ3n) is 6.11. The Hall–Kier alpha value is -4.91. The van der Waals surface area contributed by atoms with Crippen molar-refractivity contribution in [2.75, 3.05) is 6.79 Å². The Kier molecular flexibility index (Phi) is 5.42. The molecular formula is C29H22N4O3. The van der Waals surface area contributed by atoms with Gasteiger partial charge in [0.05, 0.1) is 17.6 Å². The largest absolute Gasteiger partial charge is 0.454 e. The Morgan fingerprint density at radius 1 is 0.917 bits per heavy atom. The van der Waals surface area contributed by atoms with Gasteiger partial charge in [-0.15, -0.1) is 0 Å². The van der Waals surface area contributed by atoms with Gasteiger partial charge in [-0.1, -0.05) is 54.6 Å². The topological polar surface area (TPSA) is 77.7 Å². The second-order valence-corrected chi connectivity index (χ2v) is 8.49. The highest BCUT2D eigenvalue weighted by molar-refractivity contribution is 5.95. The number of aryl methyl sites for hydroxylation is 1. The maximum Gasteiger partial charge on any atom is 0.291 e. The highest BCUT2D eigenvalue weighted by atomic mass is 16.7. The lowest BCUT2D eigenvalue weighted by atomic mass is 10.0. The van der Waals surface area contributed by atoms with Gasteiger partial charge in [0.1, 0.15) is 0 Å². The van der Waals surface area contributed by atoms with Crippen LogP contribution in [-0.4, -0.2) is 28.7 Å². The van der Waals surface area contributed by atoms with E-state index < -0.39 is 5.91 Å². The van der Waals surface area contributed by atoms with Crippen molar-refractivity contribution >= 4 is 22.9 Å². The normalized spacial score (nSPS) is 12.4. The summed E-state index contributed by atoms with van der Waals surface area (Å²) in [7, 11) is 0. The zero-order chi connectivity index (χ0) is 24.5. The number of para-hydroxylation sites is 1. The molecule has 0 saturated heterocycles. The monoisotopic (exact) mass is 474 g/mol. The van der Waals surface area contributed by atoms with Crippen LogP contribution in [0.5, 0.6) is 11.5 Å². The fourth-order valence-corrected chi connectivity index (χ4v) is 4.25. The van der Waals surface area contributed by atoms with Gasteiger partial charge in [-0.25, -0.2) is 10.1 Å². The highest BCUT2D eigenvalue weighted by Gasteiger charge is 2.18. The van der Waals surface area contributed by atoms with Crippen molar-refractivity contribution in [2.24, 2.45) is 5.10 Å². The predicted molar refractivity (Wildman–Crippen MR) is 139 cm³/mol. The van der Waals surface area contributed by atoms with Crippen LogP contribution in [0.2, 0.25) is 0 Å². The standard InChI is InChI=1S/C29H22N4O3/c1-19-6-2-5-9-25(19)33-26(23-12-11-21-7-3-4-8-22(21)15-23)16-24(32-33)29(34)31-30-17-20-10-13-27-28(14-20)36-18-35-27/h2-17H,18H2,1H3,(H,31,34)/b30-17-. The maximum atomic E-state index is 13.0. The second kappa shape index (κ2) is 9.03. The molecule has 2 heterocycles. The third-order valence-corrected chi connectivity index (χ3v) is 6.11. The quantitative estimate of drug-likeness (QED) is 0.270. The van der Waals surface area contributed by atoms with Gasteiger partial charge in [0.15, 0.2) is 17.2 Å². The van der Waals surface area contributed by atoms with E-state index in [9.17, 15) is 4.79 Å². The molecule has 0 bridgehead atoms. The van der Waals surface area contributed by atoms with Crippen LogP contribution in [0, 0.1) is 6.92 Å². The molecule has 36 heavy (non-hydrogen) atoms. The number of hydrogen-bond donors (Lipinski definition) is 1. The van der Waals surface area contributed by atoms with Gasteiger partial charge in [-0.05, 0) is 65.2 Å². The minimum absolute atomic E-state index is 0.204. The fourth-order valence-electron chi connectivity index (χ4n) is 4.25. The van der Waals surface area contributed by atoms with Crippen molar-refractivity contribution < 1.29 is 14.3 Å². The van der Waals surface area contributed by atoms with Crippen LogP contribution in [0.15, 0.2) is 96.1 Å². The van der Waals surface area contributed by atoms with Gasteiger partial charge in [0.25, 0.3) is 5.91 Å². The Morgan fingerprint density at radius 3 is 2.61 bits per heavy atom. The summed E-state index contributed by atoms with van der Waals surface area (Å²) >= 11 is 0. The number of rotatable bonds is 5. The summed E-state index contributed by atoms with van der Waals surface area (Å²) < 4.78 is 12.5. The lowest BCUT2D eigenvalue weighted by Crippen LogP contribution is -2.18. The number of hydrogen-bond acceptors (Lipinski definition) is 5. The number of nitrogens with zero attached hydrogens (tertiary/aromatic N) is 3. The van der Waals surface area contributed by atoms with E-state index in [0.29, 0.717) is 11.5 Å². The number of ether oxygens (including phenoxy) is 2. The summed E-state index contributed by atoms with van der Waals surface area (Å²) in [5.74, 6) is 0.947. The van der Waals surface area contributed by atoms with E-state index in [1.165, 1.54) is 0 Å². The molecule has 1 aliphatic heterocycles. The molecule has 4 aromatic carbocycles. The molecule has 1 aliphatic rings. The van der Waals surface area contributed by atoms with Crippen LogP contribution in [-0.2, 0) is 0 Å². The molecule has 7 heteroatoms. The summed E-state index contributed by atoms with van der Waals surface area (Å²) in [5.41, 5.74) is 7.37. The lowest BCUT2D eigenvalue weighted by molar-refractivity contribution is 0.0949. The molecule has 0 radical (unpaired) electrons. The number of carbonyl (C=O) groups is 1. The van der Waals surface area contributed by atoms with Crippen LogP contribution >= 0.6 is 0 Å². The zero-order valence-electron chi connectivity index (χ0n) is 19.5. The van der Waals surface area contributed by atoms with Crippen LogP contribution < -0.4 is 14.9 Å². The number of nitrogens with one attached hydrogen (secondary N) is 1. The number of amides is 1. The van der Waals surface area contributed by atoms with Crippen molar-refractivity contribution in [3.05, 3.63) is 108 Å². The van der Waals surface area contributed by atoms with Crippen molar-refractivity contribution in [3.8, 4) is 28.4 Å². The molecule has 5 aromatic rings. The van der Waals surface area contributed by atoms with Gasteiger partial charge in [0, 0.05) is 5.56 Å². The molecule has 176 valence electrons. The molecule has 6 rings (SSSR count). The van der Waals surface area contributed by atoms with Crippen LogP contribution in [0.25, 0.3) is 27.7 Å². The number of benzene rings is 4. The van der Waals surface area contributed by atoms with Crippen molar-refractivity contribution in [1.29, 1.82) is 0 Å². The Morgan fingerprint density at radius 2 is 1.72 bits per heavy atom. The predicted octanol–water partition coefficient (Wildman–Crippen LogP) is 5.49. The number of hydrazone groups is 1. The van der Waals surface area contributed by atoms with Gasteiger partial charge in [-0.3, -0.25) is 4.79 Å². The Labute approximate surface area is 207 Å². The van der Waals surface area contributed by atoms with Crippen molar-refractivity contribution in [3.63, 3.8) is 0 Å². The second-order valence-electron chi connectivity index (χ2n) is 8.49. The minimum Gasteiger partial charge on any atom is -0.454 e. The van der Waals surface area contributed by atoms with Crippen molar-refractivity contribution in [1.82, 2.24) is 15.2 Å². The van der Waals surface area contributed by atoms with Crippen LogP contribution in [0.3, 0.4) is 0 Å². The van der Waals surface area contributed by atoms with Gasteiger partial charge < -0.3 is 9.47 Å². The SMILES string of the molecule is Cc1ccccc1-n1nc(C(=O)N/N=C\c2ccc3c(c2)OCO3)cc1-c1ccc2ccccc2c1. The van der Waals surface area contributed by atoms with E-state index in [4.69, 9.17) is 9.47 Å². The number of fused-ring (bicyclic) bond motifs is 2. The van der Waals surface area contributed by atoms with E-state index in [2.05, 4.69) is 39.9 Å². The third kappa shape index (κ3) is 4.07. The Balaban J connectivity index is 1.33. The number of aromatic nitrogens is 2. The maximum absolute atomic E-state index is 13.0. The minimum atomic E-state index is -0.402. The summed E-state index contributed by atoms with van der Waals surface area (Å²) in [6.07, 6.45) is 1.56. The first-order valence-electron chi connectivity index (χ1n) is 11.5. The molecule has 0 spiro atoms. The van der Waals surface area contributed by atoms with Gasteiger partial charge >= 0.3 is 0 Å². The smallest absolute Gasteiger partial charge is 0.291 e. The van der Waals surface area contributed by atoms with E-state index in [1.54, 1.807) is 12.3 Å². The molecule has 0 fully saturated rings. The summed E-state index contributed by atoms with van der Waals surface area (Å²) in [5, 5.41) is 11.1. The highest BCUT2D eigenvalue weighted by Crippen LogP contribution is 2.32.